The van der Waals surface area contributed by atoms with Crippen LogP contribution in [-0.4, -0.2) is 5.91 Å². The van der Waals surface area contributed by atoms with Crippen LogP contribution < -0.4 is 11.1 Å². The molecule has 0 aliphatic heterocycles. The topological polar surface area (TPSA) is 68.3 Å². The van der Waals surface area contributed by atoms with Crippen molar-refractivity contribution in [2.45, 2.75) is 27.3 Å². The highest BCUT2D eigenvalue weighted by molar-refractivity contribution is 6.04. The van der Waals surface area contributed by atoms with Crippen LogP contribution in [0.5, 0.6) is 0 Å². The molecule has 4 heteroatoms. The number of hydrogen-bond acceptors (Lipinski definition) is 3. The number of aryl methyl sites for hydroxylation is 3. The Bertz CT molecular complexity index is 591. The van der Waals surface area contributed by atoms with E-state index < -0.39 is 0 Å². The van der Waals surface area contributed by atoms with Crippen molar-refractivity contribution in [3.05, 3.63) is 52.5 Å². The van der Waals surface area contributed by atoms with Gasteiger partial charge in [0.2, 0.25) is 0 Å². The smallest absolute Gasteiger partial charge is 0.258 e. The van der Waals surface area contributed by atoms with E-state index >= 15 is 0 Å². The number of anilines is 1. The molecule has 2 rings (SSSR count). The molecule has 0 atom stereocenters. The molecule has 2 aromatic rings. The molecule has 0 saturated carbocycles. The van der Waals surface area contributed by atoms with Gasteiger partial charge in [-0.1, -0.05) is 17.7 Å². The molecule has 0 saturated heterocycles. The number of amides is 1. The average Bonchev–Trinajstić information content (AvgIpc) is 2.82. The van der Waals surface area contributed by atoms with Crippen LogP contribution in [0.2, 0.25) is 0 Å². The second kappa shape index (κ2) is 5.28. The molecule has 19 heavy (non-hydrogen) atoms. The molecule has 0 fully saturated rings. The van der Waals surface area contributed by atoms with E-state index in [4.69, 9.17) is 10.2 Å². The Labute approximate surface area is 112 Å². The summed E-state index contributed by atoms with van der Waals surface area (Å²) in [6, 6.07) is 5.75. The predicted octanol–water partition coefficient (Wildman–Crippen LogP) is 2.92. The summed E-state index contributed by atoms with van der Waals surface area (Å²) in [4.78, 5) is 12.1. The van der Waals surface area contributed by atoms with E-state index in [9.17, 15) is 4.79 Å². The SMILES string of the molecule is Cc1cc(C)c(NC(=O)c2coc(CN)c2)c(C)c1. The van der Waals surface area contributed by atoms with E-state index in [-0.39, 0.29) is 12.5 Å². The molecule has 0 radical (unpaired) electrons. The standard InChI is InChI=1S/C15H18N2O2/c1-9-4-10(2)14(11(3)5-9)17-15(18)12-6-13(7-16)19-8-12/h4-6,8H,7,16H2,1-3H3,(H,17,18). The van der Waals surface area contributed by atoms with Gasteiger partial charge in [0, 0.05) is 5.69 Å². The quantitative estimate of drug-likeness (QED) is 0.889. The zero-order chi connectivity index (χ0) is 14.0. The monoisotopic (exact) mass is 258 g/mol. The van der Waals surface area contributed by atoms with Crippen LogP contribution in [0, 0.1) is 20.8 Å². The van der Waals surface area contributed by atoms with E-state index in [2.05, 4.69) is 5.32 Å². The number of hydrogen-bond donors (Lipinski definition) is 2. The highest BCUT2D eigenvalue weighted by Crippen LogP contribution is 2.22. The predicted molar refractivity (Wildman–Crippen MR) is 75.2 cm³/mol. The molecule has 0 unspecified atom stereocenters. The number of nitrogens with two attached hydrogens (primary N) is 1. The largest absolute Gasteiger partial charge is 0.467 e. The van der Waals surface area contributed by atoms with E-state index in [1.54, 1.807) is 6.07 Å². The number of benzene rings is 1. The van der Waals surface area contributed by atoms with Gasteiger partial charge in [0.15, 0.2) is 0 Å². The van der Waals surface area contributed by atoms with Gasteiger partial charge in [0.1, 0.15) is 12.0 Å². The van der Waals surface area contributed by atoms with Gasteiger partial charge in [-0.25, -0.2) is 0 Å². The molecule has 0 aliphatic carbocycles. The summed E-state index contributed by atoms with van der Waals surface area (Å²) in [5, 5.41) is 2.92. The first-order chi connectivity index (χ1) is 9.01. The molecule has 1 amide bonds. The lowest BCUT2D eigenvalue weighted by atomic mass is 10.0. The third-order valence-corrected chi connectivity index (χ3v) is 3.03. The van der Waals surface area contributed by atoms with Gasteiger partial charge in [-0.05, 0) is 38.0 Å². The fourth-order valence-electron chi connectivity index (χ4n) is 2.17. The Morgan fingerprint density at radius 2 is 1.84 bits per heavy atom. The fourth-order valence-corrected chi connectivity index (χ4v) is 2.17. The Morgan fingerprint density at radius 1 is 1.21 bits per heavy atom. The first-order valence-corrected chi connectivity index (χ1v) is 6.18. The van der Waals surface area contributed by atoms with Gasteiger partial charge in [-0.3, -0.25) is 4.79 Å². The van der Waals surface area contributed by atoms with Gasteiger partial charge < -0.3 is 15.5 Å². The van der Waals surface area contributed by atoms with Crippen molar-refractivity contribution in [2.75, 3.05) is 5.32 Å². The zero-order valence-electron chi connectivity index (χ0n) is 11.4. The van der Waals surface area contributed by atoms with E-state index in [0.717, 1.165) is 16.8 Å². The van der Waals surface area contributed by atoms with Crippen LogP contribution in [0.25, 0.3) is 0 Å². The number of carbonyl (C=O) groups is 1. The number of rotatable bonds is 3. The maximum absolute atomic E-state index is 12.1. The number of furan rings is 1. The second-order valence-corrected chi connectivity index (χ2v) is 4.73. The Morgan fingerprint density at radius 3 is 2.37 bits per heavy atom. The summed E-state index contributed by atoms with van der Waals surface area (Å²) < 4.78 is 5.17. The van der Waals surface area contributed by atoms with Gasteiger partial charge in [-0.2, -0.15) is 0 Å². The van der Waals surface area contributed by atoms with Crippen LogP contribution in [0.4, 0.5) is 5.69 Å². The van der Waals surface area contributed by atoms with Gasteiger partial charge in [-0.15, -0.1) is 0 Å². The molecule has 1 aromatic carbocycles. The summed E-state index contributed by atoms with van der Waals surface area (Å²) in [7, 11) is 0. The van der Waals surface area contributed by atoms with E-state index in [1.807, 2.05) is 32.9 Å². The van der Waals surface area contributed by atoms with Crippen LogP contribution in [0.15, 0.2) is 28.9 Å². The third kappa shape index (κ3) is 2.85. The lowest BCUT2D eigenvalue weighted by Gasteiger charge is -2.12. The Kier molecular flexibility index (Phi) is 3.71. The van der Waals surface area contributed by atoms with Gasteiger partial charge >= 0.3 is 0 Å². The van der Waals surface area contributed by atoms with E-state index in [1.165, 1.54) is 11.8 Å². The third-order valence-electron chi connectivity index (χ3n) is 3.03. The van der Waals surface area contributed by atoms with E-state index in [0.29, 0.717) is 11.3 Å². The summed E-state index contributed by atoms with van der Waals surface area (Å²) in [5.74, 6) is 0.418. The lowest BCUT2D eigenvalue weighted by Crippen LogP contribution is -2.13. The number of carbonyl (C=O) groups excluding carboxylic acids is 1. The molecular formula is C15H18N2O2. The lowest BCUT2D eigenvalue weighted by molar-refractivity contribution is 0.102. The molecule has 1 aromatic heterocycles. The average molecular weight is 258 g/mol. The Hall–Kier alpha value is -2.07. The summed E-state index contributed by atoms with van der Waals surface area (Å²) in [6.07, 6.45) is 1.43. The molecule has 100 valence electrons. The highest BCUT2D eigenvalue weighted by atomic mass is 16.3. The molecule has 4 nitrogen and oxygen atoms in total. The van der Waals surface area contributed by atoms with Crippen LogP contribution >= 0.6 is 0 Å². The summed E-state index contributed by atoms with van der Waals surface area (Å²) in [6.45, 7) is 6.29. The van der Waals surface area contributed by atoms with Gasteiger partial charge in [0.25, 0.3) is 5.91 Å². The normalized spacial score (nSPS) is 10.5. The maximum atomic E-state index is 12.1. The van der Waals surface area contributed by atoms with Crippen LogP contribution in [0.1, 0.15) is 32.8 Å². The summed E-state index contributed by atoms with van der Waals surface area (Å²) >= 11 is 0. The first kappa shape index (κ1) is 13.4. The maximum Gasteiger partial charge on any atom is 0.258 e. The zero-order valence-corrected chi connectivity index (χ0v) is 11.4. The second-order valence-electron chi connectivity index (χ2n) is 4.73. The van der Waals surface area contributed by atoms with Crippen molar-refractivity contribution in [3.8, 4) is 0 Å². The summed E-state index contributed by atoms with van der Waals surface area (Å²) in [5.41, 5.74) is 10.1. The fraction of sp³-hybridized carbons (Fsp3) is 0.267. The van der Waals surface area contributed by atoms with Crippen molar-refractivity contribution in [1.29, 1.82) is 0 Å². The van der Waals surface area contributed by atoms with Gasteiger partial charge in [0.05, 0.1) is 12.1 Å². The highest BCUT2D eigenvalue weighted by Gasteiger charge is 2.12. The van der Waals surface area contributed by atoms with Crippen molar-refractivity contribution in [2.24, 2.45) is 5.73 Å². The van der Waals surface area contributed by atoms with Crippen molar-refractivity contribution < 1.29 is 9.21 Å². The molecule has 0 bridgehead atoms. The molecule has 1 heterocycles. The molecule has 0 spiro atoms. The van der Waals surface area contributed by atoms with Crippen molar-refractivity contribution in [3.63, 3.8) is 0 Å². The van der Waals surface area contributed by atoms with Crippen LogP contribution in [-0.2, 0) is 6.54 Å². The number of nitrogens with one attached hydrogen (secondary N) is 1. The molecular weight excluding hydrogens is 240 g/mol. The first-order valence-electron chi connectivity index (χ1n) is 6.18. The van der Waals surface area contributed by atoms with Crippen molar-refractivity contribution >= 4 is 11.6 Å². The van der Waals surface area contributed by atoms with Crippen LogP contribution in [0.3, 0.4) is 0 Å². The Balaban J connectivity index is 2.24. The molecule has 0 aliphatic rings. The minimum absolute atomic E-state index is 0.182. The minimum atomic E-state index is -0.182. The minimum Gasteiger partial charge on any atom is -0.467 e. The molecule has 3 N–H and O–H groups in total. The van der Waals surface area contributed by atoms with Crippen molar-refractivity contribution in [1.82, 2.24) is 0 Å².